The quantitative estimate of drug-likeness (QED) is 0.693. The molecule has 7 nitrogen and oxygen atoms in total. The first-order valence-corrected chi connectivity index (χ1v) is 11.1. The third-order valence-electron chi connectivity index (χ3n) is 5.10. The summed E-state index contributed by atoms with van der Waals surface area (Å²) in [5.41, 5.74) is 2.82. The summed E-state index contributed by atoms with van der Waals surface area (Å²) in [6.07, 6.45) is 0. The molecule has 0 saturated heterocycles. The molecule has 8 heteroatoms. The van der Waals surface area contributed by atoms with Gasteiger partial charge in [0.2, 0.25) is 21.8 Å². The molecule has 0 aliphatic rings. The van der Waals surface area contributed by atoms with E-state index in [1.54, 1.807) is 19.1 Å². The number of amides is 2. The summed E-state index contributed by atoms with van der Waals surface area (Å²) in [6.45, 7) is 5.26. The molecule has 2 amide bonds. The van der Waals surface area contributed by atoms with E-state index in [1.807, 2.05) is 38.1 Å². The molecule has 0 aliphatic carbocycles. The van der Waals surface area contributed by atoms with E-state index in [0.717, 1.165) is 21.0 Å². The lowest BCUT2D eigenvalue weighted by Crippen LogP contribution is -2.50. The van der Waals surface area contributed by atoms with Crippen LogP contribution >= 0.6 is 0 Å². The number of hydrogen-bond acceptors (Lipinski definition) is 4. The summed E-state index contributed by atoms with van der Waals surface area (Å²) in [5.74, 6) is -0.770. The Morgan fingerprint density at radius 3 is 2.20 bits per heavy atom. The van der Waals surface area contributed by atoms with Crippen LogP contribution in [0, 0.1) is 13.8 Å². The van der Waals surface area contributed by atoms with Gasteiger partial charge in [-0.15, -0.1) is 0 Å². The van der Waals surface area contributed by atoms with Crippen molar-refractivity contribution in [2.45, 2.75) is 38.3 Å². The summed E-state index contributed by atoms with van der Waals surface area (Å²) < 4.78 is 26.7. The third-order valence-corrected chi connectivity index (χ3v) is 6.92. The van der Waals surface area contributed by atoms with Gasteiger partial charge in [-0.1, -0.05) is 42.0 Å². The van der Waals surface area contributed by atoms with Gasteiger partial charge >= 0.3 is 0 Å². The van der Waals surface area contributed by atoms with Crippen LogP contribution in [-0.2, 0) is 26.2 Å². The minimum atomic E-state index is -3.83. The molecule has 0 heterocycles. The van der Waals surface area contributed by atoms with Crippen LogP contribution in [0.25, 0.3) is 0 Å². The number of hydrogen-bond donors (Lipinski definition) is 1. The van der Waals surface area contributed by atoms with E-state index in [1.165, 1.54) is 31.1 Å². The molecule has 0 radical (unpaired) electrons. The van der Waals surface area contributed by atoms with Gasteiger partial charge in [-0.3, -0.25) is 9.59 Å². The standard InChI is InChI=1S/C22H29N3O4S/c1-16-10-12-20(13-11-16)30(28,29)24(5)15-21(26)25(18(3)22(27)23-4)14-19-9-7-6-8-17(19)2/h6-13,18H,14-15H2,1-5H3,(H,23,27)/t18-/m1/s1. The first-order valence-electron chi connectivity index (χ1n) is 9.66. The molecule has 162 valence electrons. The zero-order chi connectivity index (χ0) is 22.5. The Morgan fingerprint density at radius 2 is 1.63 bits per heavy atom. The highest BCUT2D eigenvalue weighted by atomic mass is 32.2. The van der Waals surface area contributed by atoms with Crippen molar-refractivity contribution in [1.82, 2.24) is 14.5 Å². The number of rotatable bonds is 8. The molecule has 0 aliphatic heterocycles. The number of carbonyl (C=O) groups excluding carboxylic acids is 2. The molecular weight excluding hydrogens is 402 g/mol. The number of benzene rings is 2. The fraction of sp³-hybridized carbons (Fsp3) is 0.364. The molecule has 1 atom stereocenters. The SMILES string of the molecule is CNC(=O)[C@@H](C)N(Cc1ccccc1C)C(=O)CN(C)S(=O)(=O)c1ccc(C)cc1. The first kappa shape index (κ1) is 23.6. The zero-order valence-electron chi connectivity index (χ0n) is 18.0. The lowest BCUT2D eigenvalue weighted by atomic mass is 10.1. The Balaban J connectivity index is 2.27. The summed E-state index contributed by atoms with van der Waals surface area (Å²) in [4.78, 5) is 26.9. The Labute approximate surface area is 178 Å². The average Bonchev–Trinajstić information content (AvgIpc) is 2.72. The molecule has 2 aromatic carbocycles. The number of carbonyl (C=O) groups is 2. The van der Waals surface area contributed by atoms with Crippen LogP contribution < -0.4 is 5.32 Å². The number of aryl methyl sites for hydroxylation is 2. The minimum Gasteiger partial charge on any atom is -0.357 e. The minimum absolute atomic E-state index is 0.119. The van der Waals surface area contributed by atoms with Gasteiger partial charge in [-0.05, 0) is 44.0 Å². The molecule has 2 aromatic rings. The van der Waals surface area contributed by atoms with E-state index in [2.05, 4.69) is 5.32 Å². The van der Waals surface area contributed by atoms with Gasteiger partial charge in [0.15, 0.2) is 0 Å². The maximum atomic E-state index is 13.1. The molecule has 0 unspecified atom stereocenters. The Kier molecular flexibility index (Phi) is 7.75. The van der Waals surface area contributed by atoms with E-state index in [0.29, 0.717) is 0 Å². The highest BCUT2D eigenvalue weighted by molar-refractivity contribution is 7.89. The Bertz CT molecular complexity index is 1000. The monoisotopic (exact) mass is 431 g/mol. The second kappa shape index (κ2) is 9.86. The largest absolute Gasteiger partial charge is 0.357 e. The van der Waals surface area contributed by atoms with E-state index >= 15 is 0 Å². The summed E-state index contributed by atoms with van der Waals surface area (Å²) in [5, 5.41) is 2.55. The van der Waals surface area contributed by atoms with Gasteiger partial charge in [-0.25, -0.2) is 8.42 Å². The lowest BCUT2D eigenvalue weighted by molar-refractivity contribution is -0.140. The van der Waals surface area contributed by atoms with Crippen LogP contribution in [0.3, 0.4) is 0 Å². The summed E-state index contributed by atoms with van der Waals surface area (Å²) >= 11 is 0. The zero-order valence-corrected chi connectivity index (χ0v) is 18.9. The van der Waals surface area contributed by atoms with E-state index in [4.69, 9.17) is 0 Å². The highest BCUT2D eigenvalue weighted by Gasteiger charge is 2.30. The molecule has 0 aromatic heterocycles. The Morgan fingerprint density at radius 1 is 1.03 bits per heavy atom. The number of likely N-dealkylation sites (N-methyl/N-ethyl adjacent to an activating group) is 2. The maximum Gasteiger partial charge on any atom is 0.243 e. The molecular formula is C22H29N3O4S. The van der Waals surface area contributed by atoms with Crippen molar-refractivity contribution in [3.63, 3.8) is 0 Å². The molecule has 0 saturated carbocycles. The normalized spacial score (nSPS) is 12.5. The van der Waals surface area contributed by atoms with Crippen molar-refractivity contribution >= 4 is 21.8 Å². The average molecular weight is 432 g/mol. The summed E-state index contributed by atoms with van der Waals surface area (Å²) in [6, 6.07) is 13.3. The predicted octanol–water partition coefficient (Wildman–Crippen LogP) is 2.09. The molecule has 2 rings (SSSR count). The van der Waals surface area contributed by atoms with E-state index in [9.17, 15) is 18.0 Å². The smallest absolute Gasteiger partial charge is 0.243 e. The van der Waals surface area contributed by atoms with Gasteiger partial charge in [0.25, 0.3) is 0 Å². The van der Waals surface area contributed by atoms with Crippen molar-refractivity contribution in [1.29, 1.82) is 0 Å². The fourth-order valence-electron chi connectivity index (χ4n) is 3.02. The second-order valence-electron chi connectivity index (χ2n) is 7.31. The van der Waals surface area contributed by atoms with Gasteiger partial charge in [0, 0.05) is 20.6 Å². The highest BCUT2D eigenvalue weighted by Crippen LogP contribution is 2.17. The lowest BCUT2D eigenvalue weighted by Gasteiger charge is -2.30. The van der Waals surface area contributed by atoms with E-state index in [-0.39, 0.29) is 23.9 Å². The molecule has 30 heavy (non-hydrogen) atoms. The summed E-state index contributed by atoms with van der Waals surface area (Å²) in [7, 11) is -0.964. The van der Waals surface area contributed by atoms with Crippen molar-refractivity contribution in [2.24, 2.45) is 0 Å². The van der Waals surface area contributed by atoms with Crippen LogP contribution in [0.15, 0.2) is 53.4 Å². The third kappa shape index (κ3) is 5.46. The van der Waals surface area contributed by atoms with E-state index < -0.39 is 22.0 Å². The predicted molar refractivity (Wildman–Crippen MR) is 116 cm³/mol. The van der Waals surface area contributed by atoms with Crippen LogP contribution in [0.1, 0.15) is 23.6 Å². The van der Waals surface area contributed by atoms with Crippen molar-refractivity contribution < 1.29 is 18.0 Å². The molecule has 0 spiro atoms. The van der Waals surface area contributed by atoms with Crippen molar-refractivity contribution in [3.05, 3.63) is 65.2 Å². The van der Waals surface area contributed by atoms with Gasteiger partial charge in [0.05, 0.1) is 11.4 Å². The number of nitrogens with zero attached hydrogens (tertiary/aromatic N) is 2. The second-order valence-corrected chi connectivity index (χ2v) is 9.36. The Hall–Kier alpha value is -2.71. The molecule has 1 N–H and O–H groups in total. The number of sulfonamides is 1. The molecule has 0 bridgehead atoms. The topological polar surface area (TPSA) is 86.8 Å². The fourth-order valence-corrected chi connectivity index (χ4v) is 4.14. The van der Waals surface area contributed by atoms with Crippen LogP contribution in [0.5, 0.6) is 0 Å². The van der Waals surface area contributed by atoms with Gasteiger partial charge < -0.3 is 10.2 Å². The number of nitrogens with one attached hydrogen (secondary N) is 1. The van der Waals surface area contributed by atoms with Crippen molar-refractivity contribution in [2.75, 3.05) is 20.6 Å². The van der Waals surface area contributed by atoms with Crippen molar-refractivity contribution in [3.8, 4) is 0 Å². The first-order chi connectivity index (χ1) is 14.1. The van der Waals surface area contributed by atoms with Crippen LogP contribution in [0.4, 0.5) is 0 Å². The van der Waals surface area contributed by atoms with Crippen LogP contribution in [-0.4, -0.2) is 56.1 Å². The van der Waals surface area contributed by atoms with Gasteiger partial charge in [-0.2, -0.15) is 4.31 Å². The molecule has 0 fully saturated rings. The van der Waals surface area contributed by atoms with Gasteiger partial charge in [0.1, 0.15) is 6.04 Å². The maximum absolute atomic E-state index is 13.1. The van der Waals surface area contributed by atoms with Crippen LogP contribution in [0.2, 0.25) is 0 Å².